The van der Waals surface area contributed by atoms with Crippen molar-refractivity contribution < 1.29 is 9.26 Å². The number of benzene rings is 1. The Bertz CT molecular complexity index is 515. The van der Waals surface area contributed by atoms with Gasteiger partial charge < -0.3 is 14.6 Å². The average molecular weight is 282 g/mol. The molecule has 0 aliphatic rings. The summed E-state index contributed by atoms with van der Waals surface area (Å²) in [7, 11) is 0. The first-order chi connectivity index (χ1) is 9.15. The molecule has 1 N–H and O–H groups in total. The molecule has 0 amide bonds. The Morgan fingerprint density at radius 1 is 1.42 bits per heavy atom. The Morgan fingerprint density at radius 3 is 2.89 bits per heavy atom. The second-order valence-electron chi connectivity index (χ2n) is 4.44. The summed E-state index contributed by atoms with van der Waals surface area (Å²) in [6.45, 7) is 5.22. The number of aromatic nitrogens is 2. The van der Waals surface area contributed by atoms with Gasteiger partial charge in [0.15, 0.2) is 6.61 Å². The van der Waals surface area contributed by atoms with E-state index in [0.717, 1.165) is 12.1 Å². The Morgan fingerprint density at radius 2 is 2.26 bits per heavy atom. The van der Waals surface area contributed by atoms with Crippen LogP contribution in [0.5, 0.6) is 5.75 Å². The Labute approximate surface area is 116 Å². The van der Waals surface area contributed by atoms with Crippen LogP contribution in [0, 0.1) is 0 Å². The quantitative estimate of drug-likeness (QED) is 0.882. The summed E-state index contributed by atoms with van der Waals surface area (Å²) in [5.41, 5.74) is 1.12. The molecule has 2 aromatic rings. The third-order valence-corrected chi connectivity index (χ3v) is 2.77. The van der Waals surface area contributed by atoms with Crippen LogP contribution in [-0.2, 0) is 13.2 Å². The van der Waals surface area contributed by atoms with Crippen LogP contribution < -0.4 is 10.1 Å². The van der Waals surface area contributed by atoms with Crippen LogP contribution in [0.3, 0.4) is 0 Å². The molecule has 0 bridgehead atoms. The number of nitrogens with zero attached hydrogens (tertiary/aromatic N) is 2. The molecule has 0 atom stereocenters. The summed E-state index contributed by atoms with van der Waals surface area (Å²) < 4.78 is 10.1. The van der Waals surface area contributed by atoms with Crippen molar-refractivity contribution >= 4 is 11.6 Å². The minimum Gasteiger partial charge on any atom is -0.484 e. The molecule has 19 heavy (non-hydrogen) atoms. The summed E-state index contributed by atoms with van der Waals surface area (Å²) in [5.74, 6) is 1.10. The first-order valence-electron chi connectivity index (χ1n) is 6.05. The Hall–Kier alpha value is -1.59. The van der Waals surface area contributed by atoms with Crippen molar-refractivity contribution in [3.8, 4) is 5.75 Å². The van der Waals surface area contributed by atoms with E-state index in [1.165, 1.54) is 6.39 Å². The zero-order valence-corrected chi connectivity index (χ0v) is 11.6. The van der Waals surface area contributed by atoms with E-state index in [2.05, 4.69) is 33.8 Å². The third-order valence-electron chi connectivity index (χ3n) is 2.47. The van der Waals surface area contributed by atoms with Crippen LogP contribution in [0.1, 0.15) is 25.2 Å². The predicted molar refractivity (Wildman–Crippen MR) is 72.1 cm³/mol. The molecular weight excluding hydrogens is 266 g/mol. The number of ether oxygens (including phenoxy) is 1. The first-order valence-corrected chi connectivity index (χ1v) is 6.43. The lowest BCUT2D eigenvalue weighted by molar-refractivity contribution is 0.286. The van der Waals surface area contributed by atoms with Gasteiger partial charge in [-0.25, -0.2) is 0 Å². The van der Waals surface area contributed by atoms with Crippen molar-refractivity contribution in [2.24, 2.45) is 0 Å². The smallest absolute Gasteiger partial charge is 0.213 e. The maximum Gasteiger partial charge on any atom is 0.213 e. The normalized spacial score (nSPS) is 10.9. The topological polar surface area (TPSA) is 60.2 Å². The summed E-state index contributed by atoms with van der Waals surface area (Å²) in [4.78, 5) is 3.87. The maximum absolute atomic E-state index is 6.17. The lowest BCUT2D eigenvalue weighted by Crippen LogP contribution is -2.21. The van der Waals surface area contributed by atoms with Crippen molar-refractivity contribution in [1.29, 1.82) is 0 Å². The van der Waals surface area contributed by atoms with Gasteiger partial charge in [-0.2, -0.15) is 4.98 Å². The zero-order chi connectivity index (χ0) is 13.7. The van der Waals surface area contributed by atoms with E-state index in [0.29, 0.717) is 22.6 Å². The molecule has 0 fully saturated rings. The molecule has 102 valence electrons. The molecule has 6 heteroatoms. The number of halogens is 1. The van der Waals surface area contributed by atoms with E-state index in [1.54, 1.807) is 0 Å². The minimum atomic E-state index is 0.236. The standard InChI is InChI=1S/C13H16ClN3O2/c1-9(2)15-6-10-3-4-12(11(14)5-10)18-7-13-16-8-19-17-13/h3-5,8-9,15H,6-7H2,1-2H3. The van der Waals surface area contributed by atoms with Crippen molar-refractivity contribution in [3.05, 3.63) is 41.0 Å². The molecule has 5 nitrogen and oxygen atoms in total. The number of hydrogen-bond donors (Lipinski definition) is 1. The van der Waals surface area contributed by atoms with Crippen LogP contribution in [0.25, 0.3) is 0 Å². The molecule has 0 saturated heterocycles. The fourth-order valence-corrected chi connectivity index (χ4v) is 1.75. The molecule has 2 rings (SSSR count). The average Bonchev–Trinajstić information content (AvgIpc) is 2.88. The van der Waals surface area contributed by atoms with Crippen LogP contribution in [0.15, 0.2) is 29.1 Å². The highest BCUT2D eigenvalue weighted by atomic mass is 35.5. The lowest BCUT2D eigenvalue weighted by atomic mass is 10.2. The van der Waals surface area contributed by atoms with Crippen LogP contribution in [0.4, 0.5) is 0 Å². The molecule has 0 aliphatic carbocycles. The van der Waals surface area contributed by atoms with Gasteiger partial charge in [-0.05, 0) is 17.7 Å². The van der Waals surface area contributed by atoms with Crippen LogP contribution in [-0.4, -0.2) is 16.2 Å². The van der Waals surface area contributed by atoms with Gasteiger partial charge in [-0.3, -0.25) is 0 Å². The second-order valence-corrected chi connectivity index (χ2v) is 4.84. The molecule has 0 radical (unpaired) electrons. The molecule has 0 spiro atoms. The molecule has 1 aromatic carbocycles. The SMILES string of the molecule is CC(C)NCc1ccc(OCc2ncon2)c(Cl)c1. The molecule has 0 unspecified atom stereocenters. The monoisotopic (exact) mass is 281 g/mol. The van der Waals surface area contributed by atoms with E-state index >= 15 is 0 Å². The summed E-state index contributed by atoms with van der Waals surface area (Å²) in [5, 5.41) is 7.57. The van der Waals surface area contributed by atoms with Crippen molar-refractivity contribution in [2.75, 3.05) is 0 Å². The van der Waals surface area contributed by atoms with Crippen molar-refractivity contribution in [3.63, 3.8) is 0 Å². The van der Waals surface area contributed by atoms with Gasteiger partial charge in [0.1, 0.15) is 5.75 Å². The van der Waals surface area contributed by atoms with Gasteiger partial charge >= 0.3 is 0 Å². The van der Waals surface area contributed by atoms with Gasteiger partial charge in [0, 0.05) is 12.6 Å². The van der Waals surface area contributed by atoms with E-state index in [4.69, 9.17) is 16.3 Å². The highest BCUT2D eigenvalue weighted by molar-refractivity contribution is 6.32. The fourth-order valence-electron chi connectivity index (χ4n) is 1.49. The summed E-state index contributed by atoms with van der Waals surface area (Å²) >= 11 is 6.17. The van der Waals surface area contributed by atoms with Crippen molar-refractivity contribution in [1.82, 2.24) is 15.5 Å². The predicted octanol–water partition coefficient (Wildman–Crippen LogP) is 2.80. The van der Waals surface area contributed by atoms with E-state index < -0.39 is 0 Å². The Kier molecular flexibility index (Phi) is 4.76. The highest BCUT2D eigenvalue weighted by Crippen LogP contribution is 2.26. The van der Waals surface area contributed by atoms with Crippen LogP contribution in [0.2, 0.25) is 5.02 Å². The molecule has 1 aromatic heterocycles. The van der Waals surface area contributed by atoms with Gasteiger partial charge in [0.25, 0.3) is 0 Å². The van der Waals surface area contributed by atoms with Gasteiger partial charge in [-0.1, -0.05) is 36.7 Å². The highest BCUT2D eigenvalue weighted by Gasteiger charge is 2.06. The van der Waals surface area contributed by atoms with Gasteiger partial charge in [-0.15, -0.1) is 0 Å². The minimum absolute atomic E-state index is 0.236. The maximum atomic E-state index is 6.17. The van der Waals surface area contributed by atoms with Crippen molar-refractivity contribution in [2.45, 2.75) is 33.0 Å². The van der Waals surface area contributed by atoms with Crippen LogP contribution >= 0.6 is 11.6 Å². The molecule has 0 aliphatic heterocycles. The van der Waals surface area contributed by atoms with E-state index in [-0.39, 0.29) is 6.61 Å². The third kappa shape index (κ3) is 4.22. The summed E-state index contributed by atoms with van der Waals surface area (Å²) in [6.07, 6.45) is 1.26. The molecule has 1 heterocycles. The first kappa shape index (κ1) is 13.8. The fraction of sp³-hybridized carbons (Fsp3) is 0.385. The summed E-state index contributed by atoms with van der Waals surface area (Å²) in [6, 6.07) is 6.16. The Balaban J connectivity index is 1.94. The largest absolute Gasteiger partial charge is 0.484 e. The molecular formula is C13H16ClN3O2. The number of hydrogen-bond acceptors (Lipinski definition) is 5. The van der Waals surface area contributed by atoms with E-state index in [9.17, 15) is 0 Å². The number of nitrogens with one attached hydrogen (secondary N) is 1. The van der Waals surface area contributed by atoms with E-state index in [1.807, 2.05) is 18.2 Å². The molecule has 0 saturated carbocycles. The lowest BCUT2D eigenvalue weighted by Gasteiger charge is -2.10. The second kappa shape index (κ2) is 6.54. The van der Waals surface area contributed by atoms with Gasteiger partial charge in [0.2, 0.25) is 12.2 Å². The van der Waals surface area contributed by atoms with Gasteiger partial charge in [0.05, 0.1) is 5.02 Å². The zero-order valence-electron chi connectivity index (χ0n) is 10.9. The number of rotatable bonds is 6.